The van der Waals surface area contributed by atoms with E-state index >= 15 is 0 Å². The van der Waals surface area contributed by atoms with Gasteiger partial charge in [-0.25, -0.2) is 4.21 Å². The summed E-state index contributed by atoms with van der Waals surface area (Å²) in [4.78, 5) is 11.4. The molecule has 0 saturated carbocycles. The Kier molecular flexibility index (Phi) is 5.44. The van der Waals surface area contributed by atoms with Gasteiger partial charge in [-0.3, -0.25) is 9.52 Å². The van der Waals surface area contributed by atoms with Crippen molar-refractivity contribution in [2.24, 2.45) is 5.92 Å². The van der Waals surface area contributed by atoms with Crippen LogP contribution in [0.4, 0.5) is 0 Å². The summed E-state index contributed by atoms with van der Waals surface area (Å²) < 4.78 is 14.6. The Bertz CT molecular complexity index is 390. The molecule has 0 aliphatic rings. The highest BCUT2D eigenvalue weighted by Gasteiger charge is 2.13. The van der Waals surface area contributed by atoms with E-state index in [0.717, 1.165) is 6.42 Å². The number of hydrogen-bond donors (Lipinski definition) is 1. The zero-order valence-corrected chi connectivity index (χ0v) is 11.5. The van der Waals surface area contributed by atoms with Gasteiger partial charge in [-0.1, -0.05) is 25.4 Å². The molecule has 0 fully saturated rings. The van der Waals surface area contributed by atoms with Crippen LogP contribution >= 0.6 is 22.9 Å². The molecule has 0 bridgehead atoms. The molecule has 0 aromatic carbocycles. The second-order valence-corrected chi connectivity index (χ2v) is 6.51. The Hall–Kier alpha value is -0.390. The van der Waals surface area contributed by atoms with Gasteiger partial charge in [0.1, 0.15) is 4.21 Å². The summed E-state index contributed by atoms with van der Waals surface area (Å²) in [6.45, 7) is 4.08. The van der Waals surface area contributed by atoms with Gasteiger partial charge in [-0.05, 0) is 23.8 Å². The summed E-state index contributed by atoms with van der Waals surface area (Å²) in [5.41, 5.74) is 0. The van der Waals surface area contributed by atoms with Gasteiger partial charge < -0.3 is 0 Å². The summed E-state index contributed by atoms with van der Waals surface area (Å²) in [6.07, 6.45) is 1.19. The Balaban J connectivity index is 2.46. The maximum Gasteiger partial charge on any atom is 0.231 e. The molecule has 0 saturated heterocycles. The lowest BCUT2D eigenvalue weighted by atomic mass is 10.1. The second kappa shape index (κ2) is 6.37. The lowest BCUT2D eigenvalue weighted by Gasteiger charge is -2.05. The van der Waals surface area contributed by atoms with Gasteiger partial charge in [0.15, 0.2) is 11.0 Å². The third-order valence-electron chi connectivity index (χ3n) is 1.91. The van der Waals surface area contributed by atoms with E-state index in [0.29, 0.717) is 21.6 Å². The van der Waals surface area contributed by atoms with Crippen molar-refractivity contribution >= 4 is 39.8 Å². The average Bonchev–Trinajstić information content (AvgIpc) is 2.61. The maximum atomic E-state index is 11.7. The molecule has 0 radical (unpaired) electrons. The quantitative estimate of drug-likeness (QED) is 0.901. The van der Waals surface area contributed by atoms with Crippen LogP contribution in [-0.4, -0.2) is 10.1 Å². The monoisotopic (exact) mass is 279 g/mol. The summed E-state index contributed by atoms with van der Waals surface area (Å²) in [5, 5.41) is 2.18. The molecule has 1 aromatic heterocycles. The van der Waals surface area contributed by atoms with Crippen molar-refractivity contribution in [3.63, 3.8) is 0 Å². The summed E-state index contributed by atoms with van der Waals surface area (Å²) in [7, 11) is -1.52. The minimum atomic E-state index is -1.52. The van der Waals surface area contributed by atoms with E-state index in [1.54, 1.807) is 11.4 Å². The van der Waals surface area contributed by atoms with Crippen molar-refractivity contribution in [3.8, 4) is 0 Å². The van der Waals surface area contributed by atoms with Crippen LogP contribution in [-0.2, 0) is 15.8 Å². The van der Waals surface area contributed by atoms with E-state index in [1.807, 2.05) is 13.8 Å². The predicted molar refractivity (Wildman–Crippen MR) is 68.0 cm³/mol. The van der Waals surface area contributed by atoms with Crippen molar-refractivity contribution < 1.29 is 9.00 Å². The van der Waals surface area contributed by atoms with Crippen molar-refractivity contribution in [2.75, 3.05) is 0 Å². The fourth-order valence-corrected chi connectivity index (χ4v) is 3.31. The van der Waals surface area contributed by atoms with Crippen LogP contribution in [0, 0.1) is 5.92 Å². The minimum Gasteiger partial charge on any atom is -0.274 e. The van der Waals surface area contributed by atoms with Crippen LogP contribution in [0.5, 0.6) is 0 Å². The van der Waals surface area contributed by atoms with E-state index in [2.05, 4.69) is 4.72 Å². The largest absolute Gasteiger partial charge is 0.274 e. The van der Waals surface area contributed by atoms with E-state index in [4.69, 9.17) is 11.6 Å². The first-order valence-electron chi connectivity index (χ1n) is 4.95. The lowest BCUT2D eigenvalue weighted by Crippen LogP contribution is -2.25. The third-order valence-corrected chi connectivity index (χ3v) is 4.87. The normalized spacial score (nSPS) is 12.8. The smallest absolute Gasteiger partial charge is 0.231 e. The number of thiophene rings is 1. The topological polar surface area (TPSA) is 46.2 Å². The first-order valence-corrected chi connectivity index (χ1v) is 7.35. The predicted octanol–water partition coefficient (Wildman–Crippen LogP) is 2.98. The van der Waals surface area contributed by atoms with Crippen LogP contribution in [0.25, 0.3) is 0 Å². The number of halogens is 1. The molecule has 0 aliphatic heterocycles. The fourth-order valence-electron chi connectivity index (χ4n) is 1.03. The number of hydrogen-bond acceptors (Lipinski definition) is 3. The van der Waals surface area contributed by atoms with E-state index in [9.17, 15) is 9.00 Å². The number of carbonyl (C=O) groups excluding carboxylic acids is 1. The minimum absolute atomic E-state index is 0.198. The Labute approximate surface area is 107 Å². The van der Waals surface area contributed by atoms with Crippen molar-refractivity contribution in [1.82, 2.24) is 4.72 Å². The molecule has 1 amide bonds. The van der Waals surface area contributed by atoms with Crippen LogP contribution in [0.1, 0.15) is 26.7 Å². The van der Waals surface area contributed by atoms with Gasteiger partial charge in [0.05, 0.1) is 5.02 Å². The van der Waals surface area contributed by atoms with Crippen molar-refractivity contribution in [2.45, 2.75) is 30.9 Å². The first-order chi connectivity index (χ1) is 7.50. The molecule has 1 N–H and O–H groups in total. The molecule has 16 heavy (non-hydrogen) atoms. The van der Waals surface area contributed by atoms with E-state index in [-0.39, 0.29) is 5.91 Å². The molecule has 90 valence electrons. The maximum absolute atomic E-state index is 11.7. The van der Waals surface area contributed by atoms with Gasteiger partial charge >= 0.3 is 0 Å². The fraction of sp³-hybridized carbons (Fsp3) is 0.500. The zero-order valence-electron chi connectivity index (χ0n) is 9.16. The molecule has 0 spiro atoms. The number of nitrogens with one attached hydrogen (secondary N) is 1. The highest BCUT2D eigenvalue weighted by atomic mass is 35.5. The van der Waals surface area contributed by atoms with Gasteiger partial charge in [0, 0.05) is 6.42 Å². The molecule has 1 heterocycles. The molecule has 1 aromatic rings. The Morgan fingerprint density at radius 1 is 1.62 bits per heavy atom. The van der Waals surface area contributed by atoms with Crippen LogP contribution in [0.3, 0.4) is 0 Å². The van der Waals surface area contributed by atoms with Gasteiger partial charge in [0.25, 0.3) is 0 Å². The standard InChI is InChI=1S/C10H14ClNO2S2/c1-7(2)3-4-9(13)12-16(14)10-8(11)5-6-15-10/h5-7H,3-4H2,1-2H3,(H,12,13). The van der Waals surface area contributed by atoms with Crippen LogP contribution in [0.15, 0.2) is 15.7 Å². The molecule has 0 aliphatic carbocycles. The zero-order chi connectivity index (χ0) is 12.1. The molecule has 1 rings (SSSR count). The summed E-state index contributed by atoms with van der Waals surface area (Å²) >= 11 is 7.09. The summed E-state index contributed by atoms with van der Waals surface area (Å²) in [6, 6.07) is 1.67. The molecule has 1 atom stereocenters. The number of carbonyl (C=O) groups is 1. The van der Waals surface area contributed by atoms with Crippen LogP contribution < -0.4 is 4.72 Å². The van der Waals surface area contributed by atoms with Gasteiger partial charge in [0.2, 0.25) is 5.91 Å². The number of rotatable bonds is 5. The van der Waals surface area contributed by atoms with E-state index in [1.165, 1.54) is 11.3 Å². The average molecular weight is 280 g/mol. The Morgan fingerprint density at radius 3 is 2.81 bits per heavy atom. The van der Waals surface area contributed by atoms with Gasteiger partial charge in [-0.15, -0.1) is 11.3 Å². The molecule has 3 nitrogen and oxygen atoms in total. The number of amides is 1. The van der Waals surface area contributed by atoms with Crippen molar-refractivity contribution in [3.05, 3.63) is 16.5 Å². The van der Waals surface area contributed by atoms with E-state index < -0.39 is 11.0 Å². The first kappa shape index (κ1) is 13.7. The molecule has 6 heteroatoms. The van der Waals surface area contributed by atoms with Crippen LogP contribution in [0.2, 0.25) is 5.02 Å². The SMILES string of the molecule is CC(C)CCC(=O)NS(=O)c1sccc1Cl. The Morgan fingerprint density at radius 2 is 2.31 bits per heavy atom. The second-order valence-electron chi connectivity index (χ2n) is 3.78. The molecule has 1 unspecified atom stereocenters. The van der Waals surface area contributed by atoms with Gasteiger partial charge in [-0.2, -0.15) is 0 Å². The highest BCUT2D eigenvalue weighted by molar-refractivity contribution is 7.86. The van der Waals surface area contributed by atoms with Crippen molar-refractivity contribution in [1.29, 1.82) is 0 Å². The molecular formula is C10H14ClNO2S2. The third kappa shape index (κ3) is 4.23. The highest BCUT2D eigenvalue weighted by Crippen LogP contribution is 2.24. The lowest BCUT2D eigenvalue weighted by molar-refractivity contribution is -0.119. The summed E-state index contributed by atoms with van der Waals surface area (Å²) in [5.74, 6) is 0.265. The molecular weight excluding hydrogens is 266 g/mol.